The van der Waals surface area contributed by atoms with Crippen LogP contribution in [-0.2, 0) is 9.59 Å². The van der Waals surface area contributed by atoms with Gasteiger partial charge in [-0.2, -0.15) is 5.26 Å². The molecule has 0 unspecified atom stereocenters. The number of nitriles is 1. The Morgan fingerprint density at radius 3 is 2.33 bits per heavy atom. The van der Waals surface area contributed by atoms with Crippen LogP contribution in [0.4, 0.5) is 11.4 Å². The maximum atomic E-state index is 12.7. The first-order chi connectivity index (χ1) is 12.8. The normalized spacial score (nSPS) is 10.5. The van der Waals surface area contributed by atoms with Crippen molar-refractivity contribution in [3.05, 3.63) is 48.0 Å². The number of anilines is 2. The average Bonchev–Trinajstić information content (AvgIpc) is 2.67. The van der Waals surface area contributed by atoms with Crippen molar-refractivity contribution in [2.45, 2.75) is 13.8 Å². The Morgan fingerprint density at radius 1 is 1.00 bits per heavy atom. The lowest BCUT2D eigenvalue weighted by atomic mass is 9.90. The van der Waals surface area contributed by atoms with Gasteiger partial charge in [-0.1, -0.05) is 6.07 Å². The largest absolute Gasteiger partial charge is 0.497 e. The third kappa shape index (κ3) is 4.55. The Kier molecular flexibility index (Phi) is 6.03. The molecule has 0 aliphatic heterocycles. The molecule has 2 aromatic rings. The van der Waals surface area contributed by atoms with Crippen molar-refractivity contribution in [2.75, 3.05) is 24.9 Å². The van der Waals surface area contributed by atoms with Gasteiger partial charge in [0.15, 0.2) is 0 Å². The molecule has 27 heavy (non-hydrogen) atoms. The topological polar surface area (TPSA) is 100 Å². The molecule has 2 rings (SSSR count). The summed E-state index contributed by atoms with van der Waals surface area (Å²) in [6, 6.07) is 13.5. The van der Waals surface area contributed by atoms with Crippen molar-refractivity contribution in [2.24, 2.45) is 5.41 Å². The van der Waals surface area contributed by atoms with Gasteiger partial charge in [0.1, 0.15) is 16.9 Å². The fraction of sp³-hybridized carbons (Fsp3) is 0.250. The van der Waals surface area contributed by atoms with Crippen LogP contribution in [0.3, 0.4) is 0 Å². The molecule has 2 aromatic carbocycles. The standard InChI is InChI=1S/C20H21N3O4/c1-20(2,18(24)22-14-7-5-6-13(10-14)12-21)19(25)23-16-11-15(26-3)8-9-17(16)27-4/h5-11H,1-4H3,(H,22,24)(H,23,25). The van der Waals surface area contributed by atoms with Crippen LogP contribution in [-0.4, -0.2) is 26.0 Å². The van der Waals surface area contributed by atoms with E-state index in [1.807, 2.05) is 6.07 Å². The summed E-state index contributed by atoms with van der Waals surface area (Å²) in [7, 11) is 3.00. The van der Waals surface area contributed by atoms with Gasteiger partial charge in [0.05, 0.1) is 31.5 Å². The van der Waals surface area contributed by atoms with Crippen molar-refractivity contribution < 1.29 is 19.1 Å². The van der Waals surface area contributed by atoms with E-state index in [4.69, 9.17) is 14.7 Å². The quantitative estimate of drug-likeness (QED) is 0.764. The number of methoxy groups -OCH3 is 2. The molecule has 0 radical (unpaired) electrons. The zero-order chi connectivity index (χ0) is 20.0. The predicted octanol–water partition coefficient (Wildman–Crippen LogP) is 3.18. The van der Waals surface area contributed by atoms with E-state index in [1.165, 1.54) is 34.1 Å². The lowest BCUT2D eigenvalue weighted by molar-refractivity contribution is -0.135. The third-order valence-corrected chi connectivity index (χ3v) is 4.04. The zero-order valence-corrected chi connectivity index (χ0v) is 15.6. The van der Waals surface area contributed by atoms with Crippen LogP contribution in [0.5, 0.6) is 11.5 Å². The number of nitrogens with zero attached hydrogens (tertiary/aromatic N) is 1. The molecule has 0 aliphatic carbocycles. The molecular weight excluding hydrogens is 346 g/mol. The number of carbonyl (C=O) groups excluding carboxylic acids is 2. The molecule has 7 heteroatoms. The van der Waals surface area contributed by atoms with E-state index in [2.05, 4.69) is 10.6 Å². The molecule has 0 atom stereocenters. The first kappa shape index (κ1) is 19.8. The molecule has 0 fully saturated rings. The molecule has 0 bridgehead atoms. The van der Waals surface area contributed by atoms with Crippen LogP contribution in [0.15, 0.2) is 42.5 Å². The molecule has 0 aliphatic rings. The van der Waals surface area contributed by atoms with Crippen LogP contribution in [0, 0.1) is 16.7 Å². The summed E-state index contributed by atoms with van der Waals surface area (Å²) < 4.78 is 10.4. The van der Waals surface area contributed by atoms with E-state index in [0.29, 0.717) is 28.4 Å². The van der Waals surface area contributed by atoms with Crippen molar-refractivity contribution in [1.29, 1.82) is 5.26 Å². The molecular formula is C20H21N3O4. The fourth-order valence-electron chi connectivity index (χ4n) is 2.25. The highest BCUT2D eigenvalue weighted by molar-refractivity contribution is 6.14. The van der Waals surface area contributed by atoms with Crippen molar-refractivity contribution >= 4 is 23.2 Å². The minimum absolute atomic E-state index is 0.397. The van der Waals surface area contributed by atoms with Crippen molar-refractivity contribution in [1.82, 2.24) is 0 Å². The summed E-state index contributed by atoms with van der Waals surface area (Å²) in [5.41, 5.74) is -0.124. The smallest absolute Gasteiger partial charge is 0.239 e. The number of rotatable bonds is 6. The van der Waals surface area contributed by atoms with E-state index in [-0.39, 0.29) is 0 Å². The lowest BCUT2D eigenvalue weighted by Gasteiger charge is -2.23. The highest BCUT2D eigenvalue weighted by atomic mass is 16.5. The molecule has 0 saturated carbocycles. The SMILES string of the molecule is COc1ccc(OC)c(NC(=O)C(C)(C)C(=O)Nc2cccc(C#N)c2)c1. The molecule has 0 spiro atoms. The Labute approximate surface area is 157 Å². The second kappa shape index (κ2) is 8.23. The average molecular weight is 367 g/mol. The van der Waals surface area contributed by atoms with E-state index in [0.717, 1.165) is 0 Å². The zero-order valence-electron chi connectivity index (χ0n) is 15.6. The Balaban J connectivity index is 2.19. The number of carbonyl (C=O) groups is 2. The summed E-state index contributed by atoms with van der Waals surface area (Å²) in [6.07, 6.45) is 0. The fourth-order valence-corrected chi connectivity index (χ4v) is 2.25. The Morgan fingerprint density at radius 2 is 1.70 bits per heavy atom. The molecule has 2 N–H and O–H groups in total. The Bertz CT molecular complexity index is 900. The van der Waals surface area contributed by atoms with Crippen LogP contribution < -0.4 is 20.1 Å². The van der Waals surface area contributed by atoms with Gasteiger partial charge in [0, 0.05) is 11.8 Å². The number of benzene rings is 2. The van der Waals surface area contributed by atoms with E-state index >= 15 is 0 Å². The van der Waals surface area contributed by atoms with Crippen LogP contribution in [0.1, 0.15) is 19.4 Å². The first-order valence-corrected chi connectivity index (χ1v) is 8.17. The van der Waals surface area contributed by atoms with Crippen LogP contribution in [0.25, 0.3) is 0 Å². The monoisotopic (exact) mass is 367 g/mol. The minimum atomic E-state index is -1.38. The van der Waals surface area contributed by atoms with Gasteiger partial charge in [0.2, 0.25) is 11.8 Å². The highest BCUT2D eigenvalue weighted by Crippen LogP contribution is 2.31. The number of hydrogen-bond acceptors (Lipinski definition) is 5. The van der Waals surface area contributed by atoms with Crippen molar-refractivity contribution in [3.63, 3.8) is 0 Å². The second-order valence-corrected chi connectivity index (χ2v) is 6.29. The van der Waals surface area contributed by atoms with Gasteiger partial charge >= 0.3 is 0 Å². The van der Waals surface area contributed by atoms with Gasteiger partial charge in [-0.25, -0.2) is 0 Å². The number of nitrogens with one attached hydrogen (secondary N) is 2. The first-order valence-electron chi connectivity index (χ1n) is 8.17. The van der Waals surface area contributed by atoms with Gasteiger partial charge in [0.25, 0.3) is 0 Å². The number of ether oxygens (including phenoxy) is 2. The minimum Gasteiger partial charge on any atom is -0.497 e. The summed E-state index contributed by atoms with van der Waals surface area (Å²) in [5, 5.41) is 14.3. The molecule has 0 aromatic heterocycles. The maximum Gasteiger partial charge on any atom is 0.239 e. The van der Waals surface area contributed by atoms with E-state index in [1.54, 1.807) is 36.4 Å². The predicted molar refractivity (Wildman–Crippen MR) is 102 cm³/mol. The van der Waals surface area contributed by atoms with Gasteiger partial charge in [-0.3, -0.25) is 9.59 Å². The van der Waals surface area contributed by atoms with E-state index < -0.39 is 17.2 Å². The summed E-state index contributed by atoms with van der Waals surface area (Å²) in [4.78, 5) is 25.4. The summed E-state index contributed by atoms with van der Waals surface area (Å²) in [5.74, 6) is -0.0244. The van der Waals surface area contributed by atoms with Gasteiger partial charge in [-0.05, 0) is 44.2 Å². The van der Waals surface area contributed by atoms with Crippen molar-refractivity contribution in [3.8, 4) is 17.6 Å². The molecule has 2 amide bonds. The second-order valence-electron chi connectivity index (χ2n) is 6.29. The molecule has 0 saturated heterocycles. The van der Waals surface area contributed by atoms with Gasteiger partial charge in [-0.15, -0.1) is 0 Å². The highest BCUT2D eigenvalue weighted by Gasteiger charge is 2.36. The lowest BCUT2D eigenvalue weighted by Crippen LogP contribution is -2.41. The van der Waals surface area contributed by atoms with Crippen LogP contribution >= 0.6 is 0 Å². The summed E-state index contributed by atoms with van der Waals surface area (Å²) >= 11 is 0. The van der Waals surface area contributed by atoms with E-state index in [9.17, 15) is 9.59 Å². The number of hydrogen-bond donors (Lipinski definition) is 2. The number of amides is 2. The molecule has 0 heterocycles. The summed E-state index contributed by atoms with van der Waals surface area (Å²) in [6.45, 7) is 3.02. The maximum absolute atomic E-state index is 12.7. The Hall–Kier alpha value is -3.53. The molecule has 7 nitrogen and oxygen atoms in total. The molecule has 140 valence electrons. The van der Waals surface area contributed by atoms with Crippen LogP contribution in [0.2, 0.25) is 0 Å². The van der Waals surface area contributed by atoms with Gasteiger partial charge < -0.3 is 20.1 Å². The third-order valence-electron chi connectivity index (χ3n) is 4.04.